The molecular weight excluding hydrogens is 641 g/mol. The lowest BCUT2D eigenvalue weighted by atomic mass is 10.2. The first kappa shape index (κ1) is 33.2. The van der Waals surface area contributed by atoms with Crippen molar-refractivity contribution in [3.8, 4) is 11.5 Å². The van der Waals surface area contributed by atoms with Gasteiger partial charge in [0.25, 0.3) is 11.8 Å². The second-order valence-electron chi connectivity index (χ2n) is 9.35. The number of para-hydroxylation sites is 2. The van der Waals surface area contributed by atoms with Crippen molar-refractivity contribution in [1.29, 1.82) is 0 Å². The van der Waals surface area contributed by atoms with Gasteiger partial charge in [-0.15, -0.1) is 0 Å². The Labute approximate surface area is 274 Å². The summed E-state index contributed by atoms with van der Waals surface area (Å²) in [6, 6.07) is 14.7. The Kier molecular flexibility index (Phi) is 11.9. The molecule has 2 aliphatic heterocycles. The number of amides is 4. The zero-order chi connectivity index (χ0) is 31.6. The molecule has 2 aromatic rings. The van der Waals surface area contributed by atoms with E-state index in [9.17, 15) is 19.2 Å². The summed E-state index contributed by atoms with van der Waals surface area (Å²) in [5.74, 6) is 0.207. The molecule has 4 amide bonds. The van der Waals surface area contributed by atoms with Crippen LogP contribution in [0.3, 0.4) is 0 Å². The van der Waals surface area contributed by atoms with Crippen LogP contribution in [0.2, 0.25) is 0 Å². The van der Waals surface area contributed by atoms with Crippen molar-refractivity contribution in [2.45, 2.75) is 12.8 Å². The largest absolute Gasteiger partial charge is 0.496 e. The van der Waals surface area contributed by atoms with Crippen LogP contribution in [0.1, 0.15) is 24.0 Å². The predicted octanol–water partition coefficient (Wildman–Crippen LogP) is 3.82. The Morgan fingerprint density at radius 3 is 1.50 bits per heavy atom. The number of nitrogens with one attached hydrogen (secondary N) is 2. The molecule has 2 heterocycles. The van der Waals surface area contributed by atoms with Gasteiger partial charge in [-0.05, 0) is 24.3 Å². The number of rotatable bonds is 13. The molecule has 2 saturated heterocycles. The molecule has 0 saturated carbocycles. The van der Waals surface area contributed by atoms with E-state index in [4.69, 9.17) is 33.9 Å². The van der Waals surface area contributed by atoms with Crippen molar-refractivity contribution >= 4 is 92.4 Å². The van der Waals surface area contributed by atoms with Crippen LogP contribution < -0.4 is 20.1 Å². The highest BCUT2D eigenvalue weighted by molar-refractivity contribution is 8.27. The molecule has 0 atom stereocenters. The molecule has 0 aromatic heterocycles. The number of carbonyl (C=O) groups is 4. The molecule has 2 aromatic carbocycles. The van der Waals surface area contributed by atoms with Crippen molar-refractivity contribution in [1.82, 2.24) is 20.4 Å². The van der Waals surface area contributed by atoms with Gasteiger partial charge in [0.05, 0.1) is 24.0 Å². The number of thiocarbonyl (C=S) groups is 2. The summed E-state index contributed by atoms with van der Waals surface area (Å²) in [4.78, 5) is 54.2. The van der Waals surface area contributed by atoms with E-state index in [1.165, 1.54) is 33.3 Å². The zero-order valence-corrected chi connectivity index (χ0v) is 27.3. The van der Waals surface area contributed by atoms with Crippen LogP contribution in [-0.4, -0.2) is 82.5 Å². The lowest BCUT2D eigenvalue weighted by Gasteiger charge is -2.15. The van der Waals surface area contributed by atoms with Gasteiger partial charge in [0, 0.05) is 50.1 Å². The molecule has 0 aliphatic carbocycles. The third kappa shape index (κ3) is 8.46. The Hall–Kier alpha value is -3.72. The number of methoxy groups -OCH3 is 2. The van der Waals surface area contributed by atoms with E-state index < -0.39 is 0 Å². The number of nitrogens with zero attached hydrogens (tertiary/aromatic N) is 2. The molecule has 2 N–H and O–H groups in total. The lowest BCUT2D eigenvalue weighted by molar-refractivity contribution is -0.126. The standard InChI is InChI=1S/C30H30N4O6S4/c1-39-21-9-5-3-7-19(21)17-23-27(37)33(29(41)43-23)15-11-25(35)31-13-14-32-26(36)12-16-34-28(38)24(44-30(34)42)18-20-8-4-6-10-22(20)40-2/h3-10,17-18H,11-16H2,1-2H3,(H,31,35)(H,32,36)/b23-17-,24-18+. The van der Waals surface area contributed by atoms with E-state index in [1.54, 1.807) is 38.5 Å². The summed E-state index contributed by atoms with van der Waals surface area (Å²) < 4.78 is 11.4. The molecule has 0 radical (unpaired) electrons. The number of benzene rings is 2. The van der Waals surface area contributed by atoms with Gasteiger partial charge >= 0.3 is 0 Å². The maximum atomic E-state index is 12.9. The highest BCUT2D eigenvalue weighted by atomic mass is 32.2. The van der Waals surface area contributed by atoms with Gasteiger partial charge in [-0.2, -0.15) is 0 Å². The predicted molar refractivity (Wildman–Crippen MR) is 181 cm³/mol. The van der Waals surface area contributed by atoms with Gasteiger partial charge in [0.1, 0.15) is 20.1 Å². The first-order chi connectivity index (χ1) is 21.2. The van der Waals surface area contributed by atoms with Crippen LogP contribution in [0, 0.1) is 0 Å². The summed E-state index contributed by atoms with van der Waals surface area (Å²) in [7, 11) is 3.12. The molecular formula is C30H30N4O6S4. The summed E-state index contributed by atoms with van der Waals surface area (Å²) in [6.07, 6.45) is 3.56. The first-order valence-electron chi connectivity index (χ1n) is 13.5. The van der Waals surface area contributed by atoms with Gasteiger partial charge in [0.15, 0.2) is 0 Å². The van der Waals surface area contributed by atoms with Gasteiger partial charge in [0.2, 0.25) is 11.8 Å². The summed E-state index contributed by atoms with van der Waals surface area (Å²) >= 11 is 13.1. The maximum absolute atomic E-state index is 12.9. The summed E-state index contributed by atoms with van der Waals surface area (Å²) in [6.45, 7) is 0.696. The number of hydrogen-bond acceptors (Lipinski definition) is 10. The maximum Gasteiger partial charge on any atom is 0.266 e. The quantitative estimate of drug-likeness (QED) is 0.185. The molecule has 4 rings (SSSR count). The van der Waals surface area contributed by atoms with E-state index in [2.05, 4.69) is 10.6 Å². The second kappa shape index (κ2) is 15.8. The smallest absolute Gasteiger partial charge is 0.266 e. The van der Waals surface area contributed by atoms with Crippen LogP contribution in [0.5, 0.6) is 11.5 Å². The minimum atomic E-state index is -0.276. The van der Waals surface area contributed by atoms with E-state index >= 15 is 0 Å². The minimum Gasteiger partial charge on any atom is -0.496 e. The number of carbonyl (C=O) groups excluding carboxylic acids is 4. The van der Waals surface area contributed by atoms with Crippen molar-refractivity contribution < 1.29 is 28.7 Å². The second-order valence-corrected chi connectivity index (χ2v) is 12.7. The van der Waals surface area contributed by atoms with E-state index in [0.29, 0.717) is 30.0 Å². The molecule has 0 unspecified atom stereocenters. The molecule has 10 nitrogen and oxygen atoms in total. The highest BCUT2D eigenvalue weighted by Gasteiger charge is 2.33. The first-order valence-corrected chi connectivity index (χ1v) is 16.0. The molecule has 0 bridgehead atoms. The molecule has 230 valence electrons. The third-order valence-electron chi connectivity index (χ3n) is 6.49. The topological polar surface area (TPSA) is 117 Å². The average Bonchev–Trinajstić information content (AvgIpc) is 3.44. The zero-order valence-electron chi connectivity index (χ0n) is 24.0. The van der Waals surface area contributed by atoms with Gasteiger partial charge in [-0.3, -0.25) is 29.0 Å². The molecule has 14 heteroatoms. The number of thioether (sulfide) groups is 2. The van der Waals surface area contributed by atoms with Gasteiger partial charge in [-0.25, -0.2) is 0 Å². The average molecular weight is 671 g/mol. The van der Waals surface area contributed by atoms with Crippen molar-refractivity contribution in [2.24, 2.45) is 0 Å². The number of hydrogen-bond donors (Lipinski definition) is 2. The Balaban J connectivity index is 1.16. The van der Waals surface area contributed by atoms with Crippen LogP contribution in [-0.2, 0) is 19.2 Å². The fourth-order valence-corrected chi connectivity index (χ4v) is 6.85. The number of ether oxygens (including phenoxy) is 2. The van der Waals surface area contributed by atoms with Crippen molar-refractivity contribution in [2.75, 3.05) is 40.4 Å². The van der Waals surface area contributed by atoms with E-state index in [-0.39, 0.29) is 62.6 Å². The van der Waals surface area contributed by atoms with Crippen molar-refractivity contribution in [3.63, 3.8) is 0 Å². The normalized spacial score (nSPS) is 16.7. The molecule has 0 spiro atoms. The minimum absolute atomic E-state index is 0.0548. The highest BCUT2D eigenvalue weighted by Crippen LogP contribution is 2.35. The third-order valence-corrected chi connectivity index (χ3v) is 9.25. The Morgan fingerprint density at radius 1 is 0.727 bits per heavy atom. The van der Waals surface area contributed by atoms with Gasteiger partial charge in [-0.1, -0.05) is 84.4 Å². The Bertz CT molecular complexity index is 1430. The molecule has 2 fully saturated rings. The fraction of sp³-hybridized carbons (Fsp3) is 0.267. The molecule has 44 heavy (non-hydrogen) atoms. The lowest BCUT2D eigenvalue weighted by Crippen LogP contribution is -2.38. The SMILES string of the molecule is COc1ccccc1/C=C1\SC(=S)N(CCC(=O)NCCNC(=O)CCN2C(=O)/C(=C\c3ccccc3OC)SC2=S)C1=O. The van der Waals surface area contributed by atoms with Crippen LogP contribution in [0.15, 0.2) is 58.3 Å². The molecule has 2 aliphatic rings. The van der Waals surface area contributed by atoms with E-state index in [1.807, 2.05) is 36.4 Å². The summed E-state index contributed by atoms with van der Waals surface area (Å²) in [5.41, 5.74) is 1.52. The van der Waals surface area contributed by atoms with Crippen LogP contribution >= 0.6 is 48.0 Å². The van der Waals surface area contributed by atoms with E-state index in [0.717, 1.165) is 11.1 Å². The monoisotopic (exact) mass is 670 g/mol. The summed E-state index contributed by atoms with van der Waals surface area (Å²) in [5, 5.41) is 5.46. The van der Waals surface area contributed by atoms with Crippen LogP contribution in [0.25, 0.3) is 12.2 Å². The van der Waals surface area contributed by atoms with Crippen molar-refractivity contribution in [3.05, 3.63) is 69.5 Å². The van der Waals surface area contributed by atoms with Crippen LogP contribution in [0.4, 0.5) is 0 Å². The fourth-order valence-electron chi connectivity index (χ4n) is 4.25. The Morgan fingerprint density at radius 2 is 1.11 bits per heavy atom. The van der Waals surface area contributed by atoms with Gasteiger partial charge < -0.3 is 20.1 Å².